The second-order valence-electron chi connectivity index (χ2n) is 6.86. The molecule has 2 heterocycles. The zero-order valence-corrected chi connectivity index (χ0v) is 15.9. The molecule has 7 nitrogen and oxygen atoms in total. The molecular formula is C21H19FN4O3. The van der Waals surface area contributed by atoms with Gasteiger partial charge in [-0.1, -0.05) is 42.4 Å². The predicted molar refractivity (Wildman–Crippen MR) is 103 cm³/mol. The van der Waals surface area contributed by atoms with Gasteiger partial charge in [-0.25, -0.2) is 4.39 Å². The Labute approximate surface area is 166 Å². The van der Waals surface area contributed by atoms with E-state index in [1.54, 1.807) is 19.2 Å². The van der Waals surface area contributed by atoms with E-state index in [-0.39, 0.29) is 24.2 Å². The van der Waals surface area contributed by atoms with E-state index in [1.807, 2.05) is 37.3 Å². The summed E-state index contributed by atoms with van der Waals surface area (Å²) >= 11 is 0. The number of aromatic nitrogens is 2. The second kappa shape index (κ2) is 7.83. The molecule has 2 atom stereocenters. The Bertz CT molecular complexity index is 1030. The quantitative estimate of drug-likeness (QED) is 0.663. The Morgan fingerprint density at radius 2 is 1.79 bits per heavy atom. The lowest BCUT2D eigenvalue weighted by Crippen LogP contribution is -2.40. The Balaban J connectivity index is 1.41. The average Bonchev–Trinajstić information content (AvgIpc) is 3.35. The van der Waals surface area contributed by atoms with Crippen molar-refractivity contribution in [3.8, 4) is 11.5 Å². The first-order chi connectivity index (χ1) is 14.0. The molecule has 1 aliphatic rings. The average molecular weight is 394 g/mol. The summed E-state index contributed by atoms with van der Waals surface area (Å²) in [6.45, 7) is 2.00. The maximum Gasteiger partial charge on any atom is 0.267 e. The molecule has 0 unspecified atom stereocenters. The molecule has 1 amide bonds. The lowest BCUT2D eigenvalue weighted by molar-refractivity contribution is -0.143. The molecular weight excluding hydrogens is 375 g/mol. The molecule has 0 fully saturated rings. The first kappa shape index (κ1) is 18.8. The molecule has 1 aromatic heterocycles. The van der Waals surface area contributed by atoms with Crippen molar-refractivity contribution in [1.29, 1.82) is 0 Å². The van der Waals surface area contributed by atoms with Crippen molar-refractivity contribution in [2.75, 3.05) is 7.05 Å². The van der Waals surface area contributed by atoms with Crippen molar-refractivity contribution < 1.29 is 18.4 Å². The number of hydrogen-bond acceptors (Lipinski definition) is 6. The number of rotatable bonds is 5. The van der Waals surface area contributed by atoms with Crippen LogP contribution in [0.3, 0.4) is 0 Å². The summed E-state index contributed by atoms with van der Waals surface area (Å²) in [5.74, 6) is -0.141. The van der Waals surface area contributed by atoms with Gasteiger partial charge in [0.2, 0.25) is 17.9 Å². The van der Waals surface area contributed by atoms with E-state index in [4.69, 9.17) is 9.25 Å². The van der Waals surface area contributed by atoms with Crippen molar-refractivity contribution >= 4 is 11.6 Å². The predicted octanol–water partition coefficient (Wildman–Crippen LogP) is 3.27. The molecule has 0 radical (unpaired) electrons. The number of amides is 1. The van der Waals surface area contributed by atoms with Crippen molar-refractivity contribution in [3.05, 3.63) is 71.9 Å². The van der Waals surface area contributed by atoms with Crippen LogP contribution in [0.2, 0.25) is 0 Å². The van der Waals surface area contributed by atoms with Crippen molar-refractivity contribution in [1.82, 2.24) is 15.1 Å². The second-order valence-corrected chi connectivity index (χ2v) is 6.86. The van der Waals surface area contributed by atoms with Crippen LogP contribution in [0.25, 0.3) is 11.5 Å². The van der Waals surface area contributed by atoms with Gasteiger partial charge in [-0.15, -0.1) is 10.2 Å². The van der Waals surface area contributed by atoms with Crippen molar-refractivity contribution in [2.45, 2.75) is 19.6 Å². The number of likely N-dealkylation sites (N-methyl/N-ethyl adjacent to an activating group) is 1. The van der Waals surface area contributed by atoms with Crippen LogP contribution in [0, 0.1) is 11.7 Å². The number of nitrogens with zero attached hydrogens (tertiary/aromatic N) is 4. The van der Waals surface area contributed by atoms with E-state index >= 15 is 0 Å². The van der Waals surface area contributed by atoms with Gasteiger partial charge in [0, 0.05) is 12.6 Å². The molecule has 4 rings (SSSR count). The number of hydrogen-bond donors (Lipinski definition) is 0. The van der Waals surface area contributed by atoms with Gasteiger partial charge in [-0.2, -0.15) is 0 Å². The van der Waals surface area contributed by atoms with E-state index in [9.17, 15) is 9.18 Å². The van der Waals surface area contributed by atoms with E-state index in [0.717, 1.165) is 11.1 Å². The monoisotopic (exact) mass is 394 g/mol. The fourth-order valence-corrected chi connectivity index (χ4v) is 3.14. The van der Waals surface area contributed by atoms with Crippen LogP contribution in [-0.4, -0.2) is 39.9 Å². The molecule has 1 aliphatic heterocycles. The van der Waals surface area contributed by atoms with Crippen LogP contribution < -0.4 is 0 Å². The molecule has 148 valence electrons. The summed E-state index contributed by atoms with van der Waals surface area (Å²) in [5.41, 5.74) is 2.15. The molecule has 2 aromatic carbocycles. The zero-order valence-electron chi connectivity index (χ0n) is 15.9. The third kappa shape index (κ3) is 3.87. The fraction of sp³-hybridized carbons (Fsp3) is 0.238. The standard InChI is InChI=1S/C21H19FN4O3/c1-13-18(14-8-10-16(22)11-9-14)25-29-19(13)21(27)26(2)12-17-23-24-20(28-17)15-6-4-3-5-7-15/h3-11,13,19H,12H2,1-2H3/t13-,19+/m0/s1. The number of carbonyl (C=O) groups excluding carboxylic acids is 1. The minimum atomic E-state index is -0.767. The van der Waals surface area contributed by atoms with E-state index in [1.165, 1.54) is 17.0 Å². The lowest BCUT2D eigenvalue weighted by Gasteiger charge is -2.20. The Morgan fingerprint density at radius 3 is 2.52 bits per heavy atom. The highest BCUT2D eigenvalue weighted by molar-refractivity contribution is 6.05. The Hall–Kier alpha value is -3.55. The number of benzene rings is 2. The molecule has 0 saturated carbocycles. The third-order valence-electron chi connectivity index (χ3n) is 4.77. The van der Waals surface area contributed by atoms with Crippen molar-refractivity contribution in [3.63, 3.8) is 0 Å². The minimum absolute atomic E-state index is 0.150. The largest absolute Gasteiger partial charge is 0.419 e. The SMILES string of the molecule is C[C@H]1C(c2ccc(F)cc2)=NO[C@H]1C(=O)N(C)Cc1nnc(-c2ccccc2)o1. The highest BCUT2D eigenvalue weighted by Crippen LogP contribution is 2.25. The molecule has 0 spiro atoms. The fourth-order valence-electron chi connectivity index (χ4n) is 3.14. The highest BCUT2D eigenvalue weighted by Gasteiger charge is 2.38. The van der Waals surface area contributed by atoms with E-state index in [2.05, 4.69) is 15.4 Å². The summed E-state index contributed by atoms with van der Waals surface area (Å²) in [7, 11) is 1.64. The maximum absolute atomic E-state index is 13.1. The summed E-state index contributed by atoms with van der Waals surface area (Å²) < 4.78 is 18.8. The summed E-state index contributed by atoms with van der Waals surface area (Å²) in [6.07, 6.45) is -0.767. The van der Waals surface area contributed by atoms with Gasteiger partial charge in [0.05, 0.1) is 18.2 Å². The lowest BCUT2D eigenvalue weighted by atomic mass is 9.93. The normalized spacial score (nSPS) is 18.2. The molecule has 0 N–H and O–H groups in total. The topological polar surface area (TPSA) is 80.8 Å². The molecule has 3 aromatic rings. The number of oxime groups is 1. The van der Waals surface area contributed by atoms with Gasteiger partial charge in [-0.3, -0.25) is 4.79 Å². The van der Waals surface area contributed by atoms with Crippen LogP contribution in [0.5, 0.6) is 0 Å². The first-order valence-corrected chi connectivity index (χ1v) is 9.15. The number of carbonyl (C=O) groups is 1. The van der Waals surface area contributed by atoms with E-state index in [0.29, 0.717) is 17.5 Å². The molecule has 0 aliphatic carbocycles. The van der Waals surface area contributed by atoms with Crippen LogP contribution in [0.4, 0.5) is 4.39 Å². The van der Waals surface area contributed by atoms with Crippen LogP contribution in [0.1, 0.15) is 18.4 Å². The smallest absolute Gasteiger partial charge is 0.267 e. The number of halogens is 1. The van der Waals surface area contributed by atoms with E-state index < -0.39 is 6.10 Å². The molecule has 0 saturated heterocycles. The van der Waals surface area contributed by atoms with Crippen LogP contribution in [0.15, 0.2) is 64.2 Å². The third-order valence-corrected chi connectivity index (χ3v) is 4.77. The van der Waals surface area contributed by atoms with Gasteiger partial charge < -0.3 is 14.2 Å². The Kier molecular flexibility index (Phi) is 5.07. The molecule has 8 heteroatoms. The maximum atomic E-state index is 13.1. The van der Waals surface area contributed by atoms with Crippen LogP contribution in [-0.2, 0) is 16.2 Å². The minimum Gasteiger partial charge on any atom is -0.419 e. The van der Waals surface area contributed by atoms with Gasteiger partial charge in [0.1, 0.15) is 5.82 Å². The first-order valence-electron chi connectivity index (χ1n) is 9.15. The van der Waals surface area contributed by atoms with Gasteiger partial charge in [-0.05, 0) is 29.8 Å². The van der Waals surface area contributed by atoms with Gasteiger partial charge >= 0.3 is 0 Å². The summed E-state index contributed by atoms with van der Waals surface area (Å²) in [4.78, 5) is 19.7. The summed E-state index contributed by atoms with van der Waals surface area (Å²) in [5, 5.41) is 12.1. The van der Waals surface area contributed by atoms with Crippen LogP contribution >= 0.6 is 0 Å². The highest BCUT2D eigenvalue weighted by atomic mass is 19.1. The van der Waals surface area contributed by atoms with Gasteiger partial charge in [0.15, 0.2) is 0 Å². The zero-order chi connectivity index (χ0) is 20.4. The van der Waals surface area contributed by atoms with Crippen molar-refractivity contribution in [2.24, 2.45) is 11.1 Å². The molecule has 29 heavy (non-hydrogen) atoms. The van der Waals surface area contributed by atoms with Gasteiger partial charge in [0.25, 0.3) is 5.91 Å². The molecule has 0 bridgehead atoms. The Morgan fingerprint density at radius 1 is 1.07 bits per heavy atom. The summed E-state index contributed by atoms with van der Waals surface area (Å²) in [6, 6.07) is 15.3.